The molecule has 0 spiro atoms. The summed E-state index contributed by atoms with van der Waals surface area (Å²) in [4.78, 5) is 15.6. The highest BCUT2D eigenvalue weighted by atomic mass is 35.5. The number of nitrogens with one attached hydrogen (secondary N) is 1. The fourth-order valence-electron chi connectivity index (χ4n) is 1.30. The van der Waals surface area contributed by atoms with E-state index >= 15 is 0 Å². The zero-order chi connectivity index (χ0) is 13.1. The van der Waals surface area contributed by atoms with E-state index < -0.39 is 0 Å². The Kier molecular flexibility index (Phi) is 4.48. The number of hydrogen-bond donors (Lipinski definition) is 2. The van der Waals surface area contributed by atoms with Gasteiger partial charge in [-0.3, -0.25) is 4.79 Å². The van der Waals surface area contributed by atoms with Crippen molar-refractivity contribution < 1.29 is 4.79 Å². The number of aryl methyl sites for hydroxylation is 1. The smallest absolute Gasteiger partial charge is 0.224 e. The third kappa shape index (κ3) is 5.15. The minimum Gasteiger partial charge on any atom is -0.326 e. The quantitative estimate of drug-likeness (QED) is 0.813. The van der Waals surface area contributed by atoms with E-state index in [4.69, 9.17) is 17.3 Å². The van der Waals surface area contributed by atoms with E-state index in [1.807, 2.05) is 20.8 Å². The molecule has 94 valence electrons. The Morgan fingerprint density at radius 3 is 2.76 bits per heavy atom. The van der Waals surface area contributed by atoms with Crippen LogP contribution in [0.5, 0.6) is 0 Å². The molecule has 1 aromatic rings. The first-order valence-electron chi connectivity index (χ1n) is 5.49. The number of rotatable bonds is 4. The Bertz CT molecular complexity index is 413. The molecule has 1 heterocycles. The van der Waals surface area contributed by atoms with Gasteiger partial charge in [0.1, 0.15) is 5.15 Å². The summed E-state index contributed by atoms with van der Waals surface area (Å²) in [7, 11) is 0. The Morgan fingerprint density at radius 1 is 1.59 bits per heavy atom. The molecule has 0 bridgehead atoms. The zero-order valence-electron chi connectivity index (χ0n) is 10.4. The highest BCUT2D eigenvalue weighted by Crippen LogP contribution is 2.17. The van der Waals surface area contributed by atoms with Gasteiger partial charge in [0.15, 0.2) is 0 Å². The van der Waals surface area contributed by atoms with Gasteiger partial charge in [-0.25, -0.2) is 4.98 Å². The van der Waals surface area contributed by atoms with Gasteiger partial charge >= 0.3 is 0 Å². The normalized spacial score (nSPS) is 11.4. The van der Waals surface area contributed by atoms with Crippen LogP contribution in [-0.4, -0.2) is 16.4 Å². The number of carbonyl (C=O) groups excluding carboxylic acids is 1. The summed E-state index contributed by atoms with van der Waals surface area (Å²) in [5, 5.41) is 3.21. The summed E-state index contributed by atoms with van der Waals surface area (Å²) in [5.41, 5.74) is 7.07. The Labute approximate surface area is 107 Å². The van der Waals surface area contributed by atoms with Crippen LogP contribution in [0.4, 0.5) is 5.69 Å². The fraction of sp³-hybridized carbons (Fsp3) is 0.500. The number of hydrogen-bond acceptors (Lipinski definition) is 3. The molecule has 0 atom stereocenters. The molecule has 3 N–H and O–H groups in total. The van der Waals surface area contributed by atoms with Gasteiger partial charge in [-0.15, -0.1) is 0 Å². The number of amides is 1. The van der Waals surface area contributed by atoms with E-state index in [-0.39, 0.29) is 11.4 Å². The number of nitrogens with two attached hydrogens (primary N) is 1. The third-order valence-electron chi connectivity index (χ3n) is 2.35. The molecule has 0 saturated carbocycles. The number of halogens is 1. The van der Waals surface area contributed by atoms with Gasteiger partial charge in [0, 0.05) is 12.0 Å². The van der Waals surface area contributed by atoms with Gasteiger partial charge in [-0.1, -0.05) is 11.6 Å². The molecule has 1 rings (SSSR count). The van der Waals surface area contributed by atoms with Crippen molar-refractivity contribution in [3.05, 3.63) is 23.0 Å². The molecule has 0 aliphatic heterocycles. The molecule has 5 heteroatoms. The van der Waals surface area contributed by atoms with Gasteiger partial charge in [-0.05, 0) is 38.8 Å². The minimum atomic E-state index is -0.329. The molecule has 0 radical (unpaired) electrons. The van der Waals surface area contributed by atoms with Crippen LogP contribution >= 0.6 is 11.6 Å². The number of aromatic nitrogens is 1. The lowest BCUT2D eigenvalue weighted by Crippen LogP contribution is -2.33. The van der Waals surface area contributed by atoms with Crippen molar-refractivity contribution in [2.24, 2.45) is 5.73 Å². The number of anilines is 1. The third-order valence-corrected chi connectivity index (χ3v) is 2.55. The predicted octanol–water partition coefficient (Wildman–Crippen LogP) is 2.50. The average Bonchev–Trinajstić information content (AvgIpc) is 2.18. The summed E-state index contributed by atoms with van der Waals surface area (Å²) >= 11 is 5.73. The van der Waals surface area contributed by atoms with Gasteiger partial charge < -0.3 is 11.1 Å². The molecule has 1 aromatic heterocycles. The van der Waals surface area contributed by atoms with E-state index in [0.717, 1.165) is 5.56 Å². The molecule has 0 fully saturated rings. The first-order chi connectivity index (χ1) is 7.78. The van der Waals surface area contributed by atoms with Crippen LogP contribution < -0.4 is 11.1 Å². The second kappa shape index (κ2) is 5.47. The molecule has 0 saturated heterocycles. The molecule has 0 aromatic carbocycles. The summed E-state index contributed by atoms with van der Waals surface area (Å²) in [6.07, 6.45) is 2.59. The molecular weight excluding hydrogens is 238 g/mol. The Morgan fingerprint density at radius 2 is 2.24 bits per heavy atom. The molecule has 1 amide bonds. The second-order valence-corrected chi connectivity index (χ2v) is 5.25. The van der Waals surface area contributed by atoms with E-state index in [1.165, 1.54) is 0 Å². The number of carbonyl (C=O) groups is 1. The van der Waals surface area contributed by atoms with Crippen molar-refractivity contribution in [1.29, 1.82) is 0 Å². The molecule has 17 heavy (non-hydrogen) atoms. The van der Waals surface area contributed by atoms with Crippen LogP contribution in [-0.2, 0) is 4.79 Å². The van der Waals surface area contributed by atoms with Crippen molar-refractivity contribution in [2.75, 3.05) is 5.32 Å². The first kappa shape index (κ1) is 13.9. The summed E-state index contributed by atoms with van der Waals surface area (Å²) in [6, 6.07) is 1.71. The van der Waals surface area contributed by atoms with Crippen LogP contribution in [0.15, 0.2) is 12.3 Å². The highest BCUT2D eigenvalue weighted by Gasteiger charge is 2.13. The number of pyridine rings is 1. The minimum absolute atomic E-state index is 0.0595. The fourth-order valence-corrected chi connectivity index (χ4v) is 1.51. The SMILES string of the molecule is Cc1cc(Cl)ncc1NC(=O)CCC(C)(C)N. The standard InChI is InChI=1S/C12H18ClN3O/c1-8-6-10(13)15-7-9(8)16-11(17)4-5-12(2,3)14/h6-7H,4-5,14H2,1-3H3,(H,16,17). The van der Waals surface area contributed by atoms with Crippen LogP contribution in [0.1, 0.15) is 32.3 Å². The van der Waals surface area contributed by atoms with Gasteiger partial charge in [0.05, 0.1) is 11.9 Å². The first-order valence-corrected chi connectivity index (χ1v) is 5.86. The van der Waals surface area contributed by atoms with Crippen LogP contribution in [0.2, 0.25) is 5.15 Å². The lowest BCUT2D eigenvalue weighted by Gasteiger charge is -2.17. The summed E-state index contributed by atoms with van der Waals surface area (Å²) in [6.45, 7) is 5.67. The van der Waals surface area contributed by atoms with Gasteiger partial charge in [0.25, 0.3) is 0 Å². The maximum absolute atomic E-state index is 11.7. The van der Waals surface area contributed by atoms with Gasteiger partial charge in [-0.2, -0.15) is 0 Å². The summed E-state index contributed by atoms with van der Waals surface area (Å²) < 4.78 is 0. The van der Waals surface area contributed by atoms with Crippen molar-refractivity contribution in [3.63, 3.8) is 0 Å². The van der Waals surface area contributed by atoms with E-state index in [1.54, 1.807) is 12.3 Å². The summed E-state index contributed by atoms with van der Waals surface area (Å²) in [5.74, 6) is -0.0595. The Balaban J connectivity index is 2.57. The van der Waals surface area contributed by atoms with Crippen molar-refractivity contribution >= 4 is 23.2 Å². The topological polar surface area (TPSA) is 68.0 Å². The van der Waals surface area contributed by atoms with Crippen LogP contribution in [0, 0.1) is 6.92 Å². The lowest BCUT2D eigenvalue weighted by molar-refractivity contribution is -0.116. The van der Waals surface area contributed by atoms with Gasteiger partial charge in [0.2, 0.25) is 5.91 Å². The molecular formula is C12H18ClN3O. The second-order valence-electron chi connectivity index (χ2n) is 4.86. The zero-order valence-corrected chi connectivity index (χ0v) is 11.1. The monoisotopic (exact) mass is 255 g/mol. The molecule has 4 nitrogen and oxygen atoms in total. The number of nitrogens with zero attached hydrogens (tertiary/aromatic N) is 1. The highest BCUT2D eigenvalue weighted by molar-refractivity contribution is 6.29. The van der Waals surface area contributed by atoms with Crippen molar-refractivity contribution in [1.82, 2.24) is 4.98 Å². The predicted molar refractivity (Wildman–Crippen MR) is 70.1 cm³/mol. The maximum Gasteiger partial charge on any atom is 0.224 e. The average molecular weight is 256 g/mol. The van der Waals surface area contributed by atoms with Crippen molar-refractivity contribution in [2.45, 2.75) is 39.2 Å². The lowest BCUT2D eigenvalue weighted by atomic mass is 10.00. The largest absolute Gasteiger partial charge is 0.326 e. The molecule has 0 aliphatic rings. The maximum atomic E-state index is 11.7. The van der Waals surface area contributed by atoms with Crippen LogP contribution in [0.3, 0.4) is 0 Å². The van der Waals surface area contributed by atoms with Crippen molar-refractivity contribution in [3.8, 4) is 0 Å². The van der Waals surface area contributed by atoms with E-state index in [0.29, 0.717) is 23.7 Å². The van der Waals surface area contributed by atoms with E-state index in [9.17, 15) is 4.79 Å². The van der Waals surface area contributed by atoms with E-state index in [2.05, 4.69) is 10.3 Å². The Hall–Kier alpha value is -1.13. The van der Waals surface area contributed by atoms with Crippen LogP contribution in [0.25, 0.3) is 0 Å². The molecule has 0 unspecified atom stereocenters. The molecule has 0 aliphatic carbocycles.